The monoisotopic (exact) mass is 1340 g/mol. The minimum absolute atomic E-state index is 0.0182. The second-order valence-corrected chi connectivity index (χ2v) is 24.6. The van der Waals surface area contributed by atoms with E-state index in [0.29, 0.717) is 126 Å². The summed E-state index contributed by atoms with van der Waals surface area (Å²) in [6.07, 6.45) is 7.65. The number of aliphatic imine (C=N–C) groups is 2. The van der Waals surface area contributed by atoms with E-state index in [0.717, 1.165) is 29.8 Å². The molecule has 6 amide bonds. The Morgan fingerprint density at radius 3 is 1.92 bits per heavy atom. The number of piperazine rings is 1. The number of alkyl halides is 2. The van der Waals surface area contributed by atoms with Gasteiger partial charge in [-0.15, -0.1) is 0 Å². The third-order valence-electron chi connectivity index (χ3n) is 16.8. The number of amidine groups is 1. The summed E-state index contributed by atoms with van der Waals surface area (Å²) in [5, 5.41) is 49.3. The molecule has 3 fully saturated rings. The van der Waals surface area contributed by atoms with E-state index in [1.165, 1.54) is 5.56 Å². The average Bonchev–Trinajstić information content (AvgIpc) is 1.73. The number of nitrogens with one attached hydrogen (secondary N) is 4. The number of amides is 6. The normalized spacial score (nSPS) is 17.5. The van der Waals surface area contributed by atoms with Crippen LogP contribution in [-0.4, -0.2) is 277 Å². The Kier molecular flexibility index (Phi) is 34.0. The van der Waals surface area contributed by atoms with Crippen molar-refractivity contribution in [2.45, 2.75) is 122 Å². The number of aliphatic carboxylic acids is 3. The highest BCUT2D eigenvalue weighted by atomic mass is 19.3. The number of carboxylic acid groups (broad SMARTS) is 3. The molecule has 2 aromatic carbocycles. The molecule has 7 N–H and O–H groups in total. The summed E-state index contributed by atoms with van der Waals surface area (Å²) in [7, 11) is 0. The Balaban J connectivity index is 1.05. The van der Waals surface area contributed by atoms with E-state index < -0.39 is 73.1 Å². The fourth-order valence-corrected chi connectivity index (χ4v) is 11.4. The fourth-order valence-electron chi connectivity index (χ4n) is 11.4. The molecule has 3 aliphatic heterocycles. The van der Waals surface area contributed by atoms with Gasteiger partial charge >= 0.3 is 17.9 Å². The molecular weight excluding hydrogens is 1250 g/mol. The van der Waals surface area contributed by atoms with Crippen LogP contribution in [0.5, 0.6) is 5.75 Å². The van der Waals surface area contributed by atoms with Crippen LogP contribution in [0, 0.1) is 18.3 Å². The molecule has 3 heterocycles. The van der Waals surface area contributed by atoms with E-state index in [1.807, 2.05) is 24.0 Å². The standard InChI is InChI=1S/C67H98F2N14O13/c1-5-71-56-23-22-54(40-55(56)50(3)65(94)74-43-61(87)83-48-67(68,69)41-53(83)42-70)96-39-12-11-26-77-35-37-82(38-36-77)60(86)17-7-6-9-25-73-66(95)57(15-8-10-24-72-51(4)75-58(84)16-13-14-52-20-18-49(2)19-21-52)76-59(85)44-78-27-29-79(45-62(88)89)31-33-81(47-64(92)93)34-32-80(30-28-78)46-63(90)91/h5,18-23,40,53,57H,3,6-17,24-39,41,43-48H2,1-2,4H3,(H,73,95)(H,74,94)(H,76,85)(H,88,89)(H,90,91)(H,92,93)(H,72,75,84)/b71-5-/t53-,57+/m1/s1. The SMILES string of the molecule is C=C(C(=O)NCC(=O)N1CC(F)(F)C[C@@H]1C#N)c1cc(OCCCCN2CCN(C(=O)CCCCCNC(=O)[C@H](CCCC/N=C(\C)NC(=O)CCCc3ccc(C)cc3)NC(=O)CN3CCN(CC(=O)O)CCN(CC(=O)O)CCN(CC(=O)O)CC3)CC2)ccc1/N=C\C. The van der Waals surface area contributed by atoms with E-state index in [4.69, 9.17) is 4.74 Å². The van der Waals surface area contributed by atoms with Crippen molar-refractivity contribution in [1.29, 1.82) is 5.26 Å². The first-order chi connectivity index (χ1) is 45.9. The number of benzene rings is 2. The molecule has 3 aliphatic rings. The van der Waals surface area contributed by atoms with Crippen LogP contribution in [0.4, 0.5) is 14.5 Å². The third kappa shape index (κ3) is 29.8. The number of likely N-dealkylation sites (tertiary alicyclic amines) is 1. The van der Waals surface area contributed by atoms with Gasteiger partial charge in [-0.2, -0.15) is 5.26 Å². The van der Waals surface area contributed by atoms with Crippen LogP contribution in [0.25, 0.3) is 5.57 Å². The lowest BCUT2D eigenvalue weighted by Crippen LogP contribution is -2.52. The first kappa shape index (κ1) is 78.4. The number of carbonyl (C=O) groups excluding carboxylic acids is 6. The molecule has 0 bridgehead atoms. The lowest BCUT2D eigenvalue weighted by Gasteiger charge is -2.34. The zero-order chi connectivity index (χ0) is 70.0. The molecule has 528 valence electrons. The van der Waals surface area contributed by atoms with Crippen LogP contribution < -0.4 is 26.0 Å². The first-order valence-electron chi connectivity index (χ1n) is 33.2. The Bertz CT molecular complexity index is 3000. The third-order valence-corrected chi connectivity index (χ3v) is 16.8. The minimum Gasteiger partial charge on any atom is -0.494 e. The van der Waals surface area contributed by atoms with Crippen LogP contribution in [-0.2, 0) is 49.6 Å². The van der Waals surface area contributed by atoms with E-state index >= 15 is 0 Å². The molecular formula is C67H98F2N14O13. The Labute approximate surface area is 561 Å². The number of carboxylic acids is 3. The number of unbranched alkanes of at least 4 members (excludes halogenated alkanes) is 4. The van der Waals surface area contributed by atoms with E-state index in [1.54, 1.807) is 63.9 Å². The van der Waals surface area contributed by atoms with Crippen LogP contribution in [0.3, 0.4) is 0 Å². The Morgan fingerprint density at radius 2 is 1.32 bits per heavy atom. The van der Waals surface area contributed by atoms with Gasteiger partial charge in [0.15, 0.2) is 0 Å². The van der Waals surface area contributed by atoms with E-state index in [9.17, 15) is 72.5 Å². The number of ether oxygens (including phenoxy) is 1. The average molecular weight is 1350 g/mol. The van der Waals surface area contributed by atoms with Gasteiger partial charge in [0.2, 0.25) is 29.5 Å². The number of rotatable bonds is 36. The first-order valence-corrected chi connectivity index (χ1v) is 33.2. The number of hydrogen-bond donors (Lipinski definition) is 7. The van der Waals surface area contributed by atoms with Crippen LogP contribution >= 0.6 is 0 Å². The summed E-state index contributed by atoms with van der Waals surface area (Å²) < 4.78 is 33.9. The number of halogens is 2. The summed E-state index contributed by atoms with van der Waals surface area (Å²) in [5.74, 6) is -7.92. The summed E-state index contributed by atoms with van der Waals surface area (Å²) in [6.45, 7) is 12.9. The van der Waals surface area contributed by atoms with Gasteiger partial charge < -0.3 is 51.1 Å². The molecule has 29 heteroatoms. The molecule has 0 aromatic heterocycles. The second-order valence-electron chi connectivity index (χ2n) is 24.6. The summed E-state index contributed by atoms with van der Waals surface area (Å²) >= 11 is 0. The van der Waals surface area contributed by atoms with Gasteiger partial charge in [0.25, 0.3) is 11.8 Å². The van der Waals surface area contributed by atoms with E-state index in [-0.39, 0.29) is 108 Å². The molecule has 0 saturated carbocycles. The van der Waals surface area contributed by atoms with Crippen LogP contribution in [0.15, 0.2) is 59.0 Å². The van der Waals surface area contributed by atoms with Gasteiger partial charge in [-0.3, -0.25) is 77.6 Å². The molecule has 0 aliphatic carbocycles. The van der Waals surface area contributed by atoms with Gasteiger partial charge in [0.05, 0.1) is 63.5 Å². The lowest BCUT2D eigenvalue weighted by atomic mass is 10.0. The molecule has 3 saturated heterocycles. The molecule has 5 rings (SSSR count). The molecule has 0 unspecified atom stereocenters. The maximum Gasteiger partial charge on any atom is 0.317 e. The van der Waals surface area contributed by atoms with Crippen molar-refractivity contribution in [3.05, 3.63) is 65.7 Å². The Morgan fingerprint density at radius 1 is 0.719 bits per heavy atom. The maximum atomic E-state index is 13.9. The maximum absolute atomic E-state index is 13.9. The second kappa shape index (κ2) is 41.6. The van der Waals surface area contributed by atoms with Crippen molar-refractivity contribution in [3.63, 3.8) is 0 Å². The molecule has 2 atom stereocenters. The molecule has 2 aromatic rings. The van der Waals surface area contributed by atoms with Crippen molar-refractivity contribution >= 4 is 76.7 Å². The highest BCUT2D eigenvalue weighted by molar-refractivity contribution is 6.20. The highest BCUT2D eigenvalue weighted by Crippen LogP contribution is 2.33. The number of aryl methyl sites for hydroxylation is 2. The molecule has 0 spiro atoms. The van der Waals surface area contributed by atoms with Crippen LogP contribution in [0.1, 0.15) is 108 Å². The number of nitriles is 1. The van der Waals surface area contributed by atoms with Gasteiger partial charge in [-0.1, -0.05) is 42.8 Å². The highest BCUT2D eigenvalue weighted by Gasteiger charge is 2.47. The summed E-state index contributed by atoms with van der Waals surface area (Å²) in [5.41, 5.74) is 3.10. The van der Waals surface area contributed by atoms with Gasteiger partial charge in [0, 0.05) is 128 Å². The molecule has 27 nitrogen and oxygen atoms in total. The Hall–Kier alpha value is -8.30. The minimum atomic E-state index is -3.19. The predicted octanol–water partition coefficient (Wildman–Crippen LogP) is 3.27. The van der Waals surface area contributed by atoms with Gasteiger partial charge in [-0.25, -0.2) is 8.78 Å². The number of hydrogen-bond acceptors (Lipinski definition) is 18. The predicted molar refractivity (Wildman–Crippen MR) is 357 cm³/mol. The van der Waals surface area contributed by atoms with Crippen molar-refractivity contribution in [3.8, 4) is 11.8 Å². The number of nitrogens with zero attached hydrogens (tertiary/aromatic N) is 10. The number of carbonyl (C=O) groups is 9. The molecule has 96 heavy (non-hydrogen) atoms. The van der Waals surface area contributed by atoms with Crippen LogP contribution in [0.2, 0.25) is 0 Å². The van der Waals surface area contributed by atoms with Gasteiger partial charge in [-0.05, 0) is 109 Å². The van der Waals surface area contributed by atoms with Crippen molar-refractivity contribution in [2.24, 2.45) is 9.98 Å². The topological polar surface area (TPSA) is 343 Å². The molecule has 0 radical (unpaired) electrons. The van der Waals surface area contributed by atoms with Gasteiger partial charge in [0.1, 0.15) is 17.8 Å². The van der Waals surface area contributed by atoms with Crippen molar-refractivity contribution in [1.82, 2.24) is 55.6 Å². The quantitative estimate of drug-likeness (QED) is 0.0223. The summed E-state index contributed by atoms with van der Waals surface area (Å²) in [6, 6.07) is 12.7. The van der Waals surface area contributed by atoms with E-state index in [2.05, 4.69) is 54.9 Å². The van der Waals surface area contributed by atoms with Crippen molar-refractivity contribution < 1.29 is 72.0 Å². The van der Waals surface area contributed by atoms with Crippen molar-refractivity contribution in [2.75, 3.05) is 144 Å². The smallest absolute Gasteiger partial charge is 0.317 e. The summed E-state index contributed by atoms with van der Waals surface area (Å²) in [4.78, 5) is 135. The lowest BCUT2D eigenvalue weighted by molar-refractivity contribution is -0.140. The largest absolute Gasteiger partial charge is 0.494 e. The fraction of sp³-hybridized carbons (Fsp3) is 0.612. The zero-order valence-corrected chi connectivity index (χ0v) is 55.9. The zero-order valence-electron chi connectivity index (χ0n) is 55.9.